The first-order chi connectivity index (χ1) is 6.00. The van der Waals surface area contributed by atoms with Crippen LogP contribution < -0.4 is 5.32 Å². The Labute approximate surface area is 80.5 Å². The number of hydrogen-bond acceptors (Lipinski definition) is 2. The van der Waals surface area contributed by atoms with Gasteiger partial charge < -0.3 is 5.32 Å². The van der Waals surface area contributed by atoms with Gasteiger partial charge in [-0.25, -0.2) is 0 Å². The third kappa shape index (κ3) is 2.69. The second-order valence-electron chi connectivity index (χ2n) is 4.41. The van der Waals surface area contributed by atoms with E-state index in [-0.39, 0.29) is 11.8 Å². The molecule has 1 fully saturated rings. The first-order valence-electron chi connectivity index (χ1n) is 5.05. The minimum atomic E-state index is 0.105. The Hall–Kier alpha value is -0.570. The largest absolute Gasteiger partial charge is 0.351 e. The summed E-state index contributed by atoms with van der Waals surface area (Å²) in [6, 6.07) is 0.990. The molecule has 1 aliphatic rings. The van der Waals surface area contributed by atoms with Gasteiger partial charge in [0.15, 0.2) is 0 Å². The fourth-order valence-corrected chi connectivity index (χ4v) is 1.39. The Balaban J connectivity index is 2.18. The van der Waals surface area contributed by atoms with Crippen molar-refractivity contribution in [1.82, 2.24) is 10.2 Å². The van der Waals surface area contributed by atoms with Gasteiger partial charge in [-0.3, -0.25) is 9.69 Å². The van der Waals surface area contributed by atoms with Gasteiger partial charge in [-0.1, -0.05) is 13.8 Å². The van der Waals surface area contributed by atoms with Crippen molar-refractivity contribution in [3.05, 3.63) is 0 Å². The van der Waals surface area contributed by atoms with Crippen LogP contribution in [0.3, 0.4) is 0 Å². The van der Waals surface area contributed by atoms with E-state index in [0.29, 0.717) is 12.1 Å². The molecule has 0 bridgehead atoms. The topological polar surface area (TPSA) is 32.3 Å². The molecule has 1 aliphatic heterocycles. The van der Waals surface area contributed by atoms with Crippen molar-refractivity contribution in [2.75, 3.05) is 13.1 Å². The maximum Gasteiger partial charge on any atom is 0.222 e. The van der Waals surface area contributed by atoms with Crippen molar-refractivity contribution in [2.24, 2.45) is 5.92 Å². The molecule has 76 valence electrons. The van der Waals surface area contributed by atoms with Crippen molar-refractivity contribution in [1.29, 1.82) is 0 Å². The van der Waals surface area contributed by atoms with Crippen LogP contribution in [-0.4, -0.2) is 36.0 Å². The summed E-state index contributed by atoms with van der Waals surface area (Å²) in [6.45, 7) is 10.2. The molecule has 3 heteroatoms. The van der Waals surface area contributed by atoms with Crippen LogP contribution in [0.25, 0.3) is 0 Å². The monoisotopic (exact) mass is 184 g/mol. The lowest BCUT2D eigenvalue weighted by Gasteiger charge is -2.42. The van der Waals surface area contributed by atoms with Gasteiger partial charge in [-0.05, 0) is 13.8 Å². The maximum absolute atomic E-state index is 11.3. The molecule has 0 saturated carbocycles. The van der Waals surface area contributed by atoms with Crippen LogP contribution in [0.5, 0.6) is 0 Å². The van der Waals surface area contributed by atoms with E-state index in [1.54, 1.807) is 0 Å². The zero-order valence-corrected chi connectivity index (χ0v) is 9.00. The Morgan fingerprint density at radius 2 is 1.85 bits per heavy atom. The second kappa shape index (κ2) is 4.09. The summed E-state index contributed by atoms with van der Waals surface area (Å²) in [4.78, 5) is 13.6. The molecule has 1 rings (SSSR count). The Morgan fingerprint density at radius 3 is 2.23 bits per heavy atom. The molecule has 13 heavy (non-hydrogen) atoms. The molecule has 0 spiro atoms. The molecule has 1 heterocycles. The van der Waals surface area contributed by atoms with Crippen molar-refractivity contribution in [3.63, 3.8) is 0 Å². The van der Waals surface area contributed by atoms with Gasteiger partial charge in [0.2, 0.25) is 5.91 Å². The highest BCUT2D eigenvalue weighted by Gasteiger charge is 2.29. The number of nitrogens with zero attached hydrogens (tertiary/aromatic N) is 1. The molecule has 1 saturated heterocycles. The summed E-state index contributed by atoms with van der Waals surface area (Å²) in [7, 11) is 0. The highest BCUT2D eigenvalue weighted by molar-refractivity contribution is 5.78. The highest BCUT2D eigenvalue weighted by atomic mass is 16.1. The number of likely N-dealkylation sites (tertiary alicyclic amines) is 1. The molecule has 0 atom stereocenters. The van der Waals surface area contributed by atoms with Crippen LogP contribution in [0.15, 0.2) is 0 Å². The number of amides is 1. The summed E-state index contributed by atoms with van der Waals surface area (Å²) in [5, 5.41) is 3.02. The van der Waals surface area contributed by atoms with E-state index < -0.39 is 0 Å². The summed E-state index contributed by atoms with van der Waals surface area (Å²) in [5.41, 5.74) is 0. The molecule has 0 aromatic heterocycles. The lowest BCUT2D eigenvalue weighted by Crippen LogP contribution is -2.61. The molecular weight excluding hydrogens is 164 g/mol. The predicted molar refractivity (Wildman–Crippen MR) is 53.5 cm³/mol. The van der Waals surface area contributed by atoms with Gasteiger partial charge in [0.25, 0.3) is 0 Å². The third-order valence-corrected chi connectivity index (χ3v) is 2.51. The first-order valence-corrected chi connectivity index (χ1v) is 5.05. The van der Waals surface area contributed by atoms with Crippen LogP contribution >= 0.6 is 0 Å². The van der Waals surface area contributed by atoms with E-state index in [2.05, 4.69) is 24.1 Å². The van der Waals surface area contributed by atoms with Gasteiger partial charge in [-0.15, -0.1) is 0 Å². The molecule has 0 unspecified atom stereocenters. The minimum Gasteiger partial charge on any atom is -0.351 e. The summed E-state index contributed by atoms with van der Waals surface area (Å²) >= 11 is 0. The number of carbonyl (C=O) groups is 1. The van der Waals surface area contributed by atoms with E-state index in [4.69, 9.17) is 0 Å². The van der Waals surface area contributed by atoms with Crippen LogP contribution in [-0.2, 0) is 4.79 Å². The van der Waals surface area contributed by atoms with E-state index in [1.165, 1.54) is 0 Å². The van der Waals surface area contributed by atoms with Gasteiger partial charge in [0, 0.05) is 25.0 Å². The van der Waals surface area contributed by atoms with Gasteiger partial charge in [0.1, 0.15) is 0 Å². The first kappa shape index (κ1) is 10.5. The minimum absolute atomic E-state index is 0.105. The Bertz CT molecular complexity index is 183. The van der Waals surface area contributed by atoms with E-state index in [0.717, 1.165) is 13.1 Å². The van der Waals surface area contributed by atoms with E-state index in [9.17, 15) is 4.79 Å². The van der Waals surface area contributed by atoms with Crippen LogP contribution in [0.4, 0.5) is 0 Å². The smallest absolute Gasteiger partial charge is 0.222 e. The SMILES string of the molecule is CC(C)C(=O)NC1CN(C(C)C)C1. The molecule has 0 aromatic rings. The third-order valence-electron chi connectivity index (χ3n) is 2.51. The highest BCUT2D eigenvalue weighted by Crippen LogP contribution is 2.11. The van der Waals surface area contributed by atoms with Crippen molar-refractivity contribution in [2.45, 2.75) is 39.8 Å². The van der Waals surface area contributed by atoms with Crippen LogP contribution in [0, 0.1) is 5.92 Å². The number of nitrogens with one attached hydrogen (secondary N) is 1. The maximum atomic E-state index is 11.3. The van der Waals surface area contributed by atoms with Crippen LogP contribution in [0.2, 0.25) is 0 Å². The zero-order valence-electron chi connectivity index (χ0n) is 9.00. The summed E-state index contributed by atoms with van der Waals surface area (Å²) in [5.74, 6) is 0.279. The Morgan fingerprint density at radius 1 is 1.31 bits per heavy atom. The zero-order chi connectivity index (χ0) is 10.0. The number of hydrogen-bond donors (Lipinski definition) is 1. The van der Waals surface area contributed by atoms with E-state index in [1.807, 2.05) is 13.8 Å². The lowest BCUT2D eigenvalue weighted by molar-refractivity contribution is -0.126. The number of carbonyl (C=O) groups excluding carboxylic acids is 1. The fraction of sp³-hybridized carbons (Fsp3) is 0.900. The molecule has 0 aromatic carbocycles. The van der Waals surface area contributed by atoms with Gasteiger partial charge in [0.05, 0.1) is 6.04 Å². The molecule has 3 nitrogen and oxygen atoms in total. The molecule has 1 amide bonds. The summed E-state index contributed by atoms with van der Waals surface area (Å²) < 4.78 is 0. The standard InChI is InChI=1S/C10H20N2O/c1-7(2)10(13)11-9-5-12(6-9)8(3)4/h7-9H,5-6H2,1-4H3,(H,11,13). The average molecular weight is 184 g/mol. The van der Waals surface area contributed by atoms with Crippen molar-refractivity contribution >= 4 is 5.91 Å². The van der Waals surface area contributed by atoms with E-state index >= 15 is 0 Å². The average Bonchev–Trinajstić information content (AvgIpc) is 1.94. The molecule has 0 aliphatic carbocycles. The Kier molecular flexibility index (Phi) is 3.31. The van der Waals surface area contributed by atoms with Crippen molar-refractivity contribution < 1.29 is 4.79 Å². The van der Waals surface area contributed by atoms with Gasteiger partial charge >= 0.3 is 0 Å². The molecule has 0 radical (unpaired) electrons. The van der Waals surface area contributed by atoms with Crippen molar-refractivity contribution in [3.8, 4) is 0 Å². The molecule has 1 N–H and O–H groups in total. The summed E-state index contributed by atoms with van der Waals surface area (Å²) in [6.07, 6.45) is 0. The fourth-order valence-electron chi connectivity index (χ4n) is 1.39. The molecular formula is C10H20N2O. The normalized spacial score (nSPS) is 19.2. The predicted octanol–water partition coefficient (Wildman–Crippen LogP) is 0.851. The lowest BCUT2D eigenvalue weighted by atomic mass is 10.1. The second-order valence-corrected chi connectivity index (χ2v) is 4.41. The van der Waals surface area contributed by atoms with Gasteiger partial charge in [-0.2, -0.15) is 0 Å². The van der Waals surface area contributed by atoms with Crippen LogP contribution in [0.1, 0.15) is 27.7 Å². The number of rotatable bonds is 3. The quantitative estimate of drug-likeness (QED) is 0.705.